The molecule has 2 aromatic rings. The van der Waals surface area contributed by atoms with Gasteiger partial charge in [0.2, 0.25) is 5.91 Å². The van der Waals surface area contributed by atoms with E-state index < -0.39 is 28.9 Å². The van der Waals surface area contributed by atoms with Crippen molar-refractivity contribution in [2.75, 3.05) is 23.3 Å². The van der Waals surface area contributed by atoms with Crippen LogP contribution in [0.25, 0.3) is 0 Å². The highest BCUT2D eigenvalue weighted by Gasteiger charge is 2.43. The van der Waals surface area contributed by atoms with Gasteiger partial charge in [-0.3, -0.25) is 9.59 Å². The molecule has 1 fully saturated rings. The number of halogens is 2. The summed E-state index contributed by atoms with van der Waals surface area (Å²) in [5.74, 6) is -2.04. The second kappa shape index (κ2) is 11.2. The molecule has 3 rings (SSSR count). The topological polar surface area (TPSA) is 69.6 Å². The van der Waals surface area contributed by atoms with Crippen molar-refractivity contribution in [2.45, 2.75) is 65.2 Å². The van der Waals surface area contributed by atoms with Crippen LogP contribution in [-0.4, -0.2) is 30.1 Å². The molecule has 0 atom stereocenters. The smallest absolute Gasteiger partial charge is 0.314 e. The number of hydrogen-bond donors (Lipinski definition) is 2. The zero-order valence-corrected chi connectivity index (χ0v) is 21.0. The Bertz CT molecular complexity index is 1050. The van der Waals surface area contributed by atoms with Crippen LogP contribution in [0.15, 0.2) is 36.4 Å². The van der Waals surface area contributed by atoms with E-state index in [1.807, 2.05) is 12.1 Å². The number of carboxylic acid groups (broad SMARTS) is 1. The largest absolute Gasteiger partial charge is 0.481 e. The lowest BCUT2D eigenvalue weighted by molar-refractivity contribution is -0.143. The average Bonchev–Trinajstić information content (AvgIpc) is 3.26. The van der Waals surface area contributed by atoms with Gasteiger partial charge in [0.05, 0.1) is 23.2 Å². The summed E-state index contributed by atoms with van der Waals surface area (Å²) in [6.07, 6.45) is 2.53. The summed E-state index contributed by atoms with van der Waals surface area (Å²) in [6, 6.07) is 8.71. The maximum atomic E-state index is 14.2. The molecule has 0 radical (unpaired) electrons. The standard InChI is InChI=1S/C28H36F2N2O3/c1-18(2)16-32(17-19(3)4)25-10-8-21(28(27(34)35)11-5-6-12-28)14-24(25)31-26(33)13-20-7-9-22(29)15-23(20)30/h7-10,14-15,18-19H,5-6,11-13,16-17H2,1-4H3,(H,31,33)(H,34,35). The average molecular weight is 487 g/mol. The SMILES string of the molecule is CC(C)CN(CC(C)C)c1ccc(C2(C(=O)O)CCCC2)cc1NC(=O)Cc1ccc(F)cc1F. The highest BCUT2D eigenvalue weighted by Crippen LogP contribution is 2.43. The number of nitrogens with zero attached hydrogens (tertiary/aromatic N) is 1. The maximum absolute atomic E-state index is 14.2. The van der Waals surface area contributed by atoms with Crippen LogP contribution in [0.1, 0.15) is 64.5 Å². The molecule has 0 saturated heterocycles. The normalized spacial score (nSPS) is 15.0. The number of carbonyl (C=O) groups is 2. The van der Waals surface area contributed by atoms with Crippen LogP contribution in [0, 0.1) is 23.5 Å². The van der Waals surface area contributed by atoms with Gasteiger partial charge in [0.1, 0.15) is 11.6 Å². The molecule has 2 N–H and O–H groups in total. The fourth-order valence-corrected chi connectivity index (χ4v) is 5.00. The number of nitrogens with one attached hydrogen (secondary N) is 1. The van der Waals surface area contributed by atoms with Gasteiger partial charge in [-0.05, 0) is 54.0 Å². The van der Waals surface area contributed by atoms with E-state index in [4.69, 9.17) is 0 Å². The van der Waals surface area contributed by atoms with Crippen LogP contribution < -0.4 is 10.2 Å². The number of carbonyl (C=O) groups excluding carboxylic acids is 1. The van der Waals surface area contributed by atoms with Gasteiger partial charge in [-0.15, -0.1) is 0 Å². The number of amides is 1. The van der Waals surface area contributed by atoms with Crippen molar-refractivity contribution in [1.82, 2.24) is 0 Å². The molecule has 0 unspecified atom stereocenters. The zero-order chi connectivity index (χ0) is 25.8. The molecule has 5 nitrogen and oxygen atoms in total. The van der Waals surface area contributed by atoms with Crippen molar-refractivity contribution in [3.8, 4) is 0 Å². The van der Waals surface area contributed by atoms with E-state index in [1.54, 1.807) is 6.07 Å². The van der Waals surface area contributed by atoms with E-state index in [0.717, 1.165) is 43.8 Å². The van der Waals surface area contributed by atoms with E-state index in [1.165, 1.54) is 6.07 Å². The summed E-state index contributed by atoms with van der Waals surface area (Å²) in [7, 11) is 0. The van der Waals surface area contributed by atoms with Gasteiger partial charge in [-0.1, -0.05) is 52.7 Å². The first-order valence-corrected chi connectivity index (χ1v) is 12.4. The van der Waals surface area contributed by atoms with Gasteiger partial charge >= 0.3 is 5.97 Å². The Morgan fingerprint density at radius 3 is 2.17 bits per heavy atom. The minimum Gasteiger partial charge on any atom is -0.481 e. The molecule has 0 heterocycles. The van der Waals surface area contributed by atoms with Crippen LogP contribution in [0.5, 0.6) is 0 Å². The van der Waals surface area contributed by atoms with Gasteiger partial charge in [0.25, 0.3) is 0 Å². The molecule has 0 bridgehead atoms. The van der Waals surface area contributed by atoms with Gasteiger partial charge in [0.15, 0.2) is 0 Å². The van der Waals surface area contributed by atoms with E-state index in [9.17, 15) is 23.5 Å². The number of benzene rings is 2. The predicted molar refractivity (Wildman–Crippen MR) is 135 cm³/mol. The Kier molecular flexibility index (Phi) is 8.51. The lowest BCUT2D eigenvalue weighted by Crippen LogP contribution is -2.34. The summed E-state index contributed by atoms with van der Waals surface area (Å²) in [5.41, 5.74) is 1.12. The number of rotatable bonds is 10. The first-order valence-electron chi connectivity index (χ1n) is 12.4. The Balaban J connectivity index is 2.01. The molecule has 1 saturated carbocycles. The fraction of sp³-hybridized carbons (Fsp3) is 0.500. The number of anilines is 2. The van der Waals surface area contributed by atoms with Crippen LogP contribution in [-0.2, 0) is 21.4 Å². The molecule has 2 aromatic carbocycles. The van der Waals surface area contributed by atoms with Crippen LogP contribution in [0.3, 0.4) is 0 Å². The Morgan fingerprint density at radius 1 is 1.00 bits per heavy atom. The minimum atomic E-state index is -0.970. The lowest BCUT2D eigenvalue weighted by Gasteiger charge is -2.32. The number of aliphatic carboxylic acids is 1. The van der Waals surface area contributed by atoms with E-state index in [2.05, 4.69) is 37.9 Å². The quantitative estimate of drug-likeness (QED) is 0.422. The van der Waals surface area contributed by atoms with Crippen molar-refractivity contribution in [2.24, 2.45) is 11.8 Å². The summed E-state index contributed by atoms with van der Waals surface area (Å²) in [6.45, 7) is 10.0. The van der Waals surface area contributed by atoms with Gasteiger partial charge in [0, 0.05) is 19.2 Å². The van der Waals surface area contributed by atoms with Gasteiger partial charge < -0.3 is 15.3 Å². The molecule has 1 aliphatic carbocycles. The van der Waals surface area contributed by atoms with Crippen molar-refractivity contribution < 1.29 is 23.5 Å². The number of carboxylic acids is 1. The molecular formula is C28H36F2N2O3. The van der Waals surface area contributed by atoms with Gasteiger partial charge in [-0.2, -0.15) is 0 Å². The number of hydrogen-bond acceptors (Lipinski definition) is 3. The Morgan fingerprint density at radius 2 is 1.63 bits per heavy atom. The third kappa shape index (κ3) is 6.38. The van der Waals surface area contributed by atoms with Crippen LogP contribution in [0.4, 0.5) is 20.2 Å². The summed E-state index contributed by atoms with van der Waals surface area (Å²) >= 11 is 0. The summed E-state index contributed by atoms with van der Waals surface area (Å²) in [5, 5.41) is 13.0. The van der Waals surface area contributed by atoms with Crippen molar-refractivity contribution in [3.63, 3.8) is 0 Å². The Hall–Kier alpha value is -2.96. The minimum absolute atomic E-state index is 0.0978. The van der Waals surface area contributed by atoms with E-state index in [-0.39, 0.29) is 12.0 Å². The molecule has 0 aromatic heterocycles. The molecule has 1 aliphatic rings. The van der Waals surface area contributed by atoms with E-state index >= 15 is 0 Å². The highest BCUT2D eigenvalue weighted by molar-refractivity contribution is 5.96. The van der Waals surface area contributed by atoms with Crippen LogP contribution in [0.2, 0.25) is 0 Å². The summed E-state index contributed by atoms with van der Waals surface area (Å²) < 4.78 is 27.4. The second-order valence-electron chi connectivity index (χ2n) is 10.5. The monoisotopic (exact) mass is 486 g/mol. The molecule has 0 spiro atoms. The fourth-order valence-electron chi connectivity index (χ4n) is 5.00. The molecule has 7 heteroatoms. The van der Waals surface area contributed by atoms with Crippen molar-refractivity contribution in [3.05, 3.63) is 59.2 Å². The Labute approximate surface area is 206 Å². The molecule has 1 amide bonds. The van der Waals surface area contributed by atoms with Crippen molar-refractivity contribution >= 4 is 23.3 Å². The highest BCUT2D eigenvalue weighted by atomic mass is 19.1. The molecule has 190 valence electrons. The zero-order valence-electron chi connectivity index (χ0n) is 21.0. The first-order chi connectivity index (χ1) is 16.5. The van der Waals surface area contributed by atoms with Crippen LogP contribution >= 0.6 is 0 Å². The predicted octanol–water partition coefficient (Wildman–Crippen LogP) is 6.16. The van der Waals surface area contributed by atoms with E-state index in [0.29, 0.717) is 35.9 Å². The second-order valence-corrected chi connectivity index (χ2v) is 10.5. The summed E-state index contributed by atoms with van der Waals surface area (Å²) in [4.78, 5) is 27.5. The van der Waals surface area contributed by atoms with Crippen molar-refractivity contribution in [1.29, 1.82) is 0 Å². The maximum Gasteiger partial charge on any atom is 0.314 e. The molecule has 0 aliphatic heterocycles. The third-order valence-corrected chi connectivity index (χ3v) is 6.57. The molecule has 35 heavy (non-hydrogen) atoms. The van der Waals surface area contributed by atoms with Gasteiger partial charge in [-0.25, -0.2) is 8.78 Å². The first kappa shape index (κ1) is 26.6. The lowest BCUT2D eigenvalue weighted by atomic mass is 9.78. The third-order valence-electron chi connectivity index (χ3n) is 6.57. The molecular weight excluding hydrogens is 450 g/mol.